The highest BCUT2D eigenvalue weighted by atomic mass is 35.5. The molecule has 2 rings (SSSR count). The molecule has 3 amide bonds. The topological polar surface area (TPSA) is 62.3 Å². The molecule has 1 aliphatic rings. The van der Waals surface area contributed by atoms with E-state index in [4.69, 9.17) is 23.2 Å². The van der Waals surface area contributed by atoms with E-state index in [0.717, 1.165) is 19.3 Å². The lowest BCUT2D eigenvalue weighted by Crippen LogP contribution is -2.45. The average Bonchev–Trinajstić information content (AvgIpc) is 2.38. The number of rotatable bonds is 1. The number of halogens is 2. The number of nitrogens with zero attached hydrogens (tertiary/aromatic N) is 2. The molecule has 19 heavy (non-hydrogen) atoms. The molecule has 1 N–H and O–H groups in total. The van der Waals surface area contributed by atoms with Crippen LogP contribution in [0.3, 0.4) is 0 Å². The number of likely N-dealkylation sites (tertiary alicyclic amines) is 1. The first-order valence-electron chi connectivity index (χ1n) is 5.99. The lowest BCUT2D eigenvalue weighted by atomic mass is 10.1. The third kappa shape index (κ3) is 3.81. The van der Waals surface area contributed by atoms with Crippen molar-refractivity contribution in [2.24, 2.45) is 0 Å². The molecule has 7 heteroatoms. The van der Waals surface area contributed by atoms with Crippen LogP contribution < -0.4 is 5.32 Å². The summed E-state index contributed by atoms with van der Waals surface area (Å²) in [5, 5.41) is 2.55. The Morgan fingerprint density at radius 1 is 1.11 bits per heavy atom. The number of imide groups is 1. The number of pyridine rings is 1. The molecule has 0 aliphatic carbocycles. The van der Waals surface area contributed by atoms with Crippen LogP contribution in [0.25, 0.3) is 0 Å². The van der Waals surface area contributed by atoms with E-state index in [1.54, 1.807) is 4.90 Å². The predicted molar refractivity (Wildman–Crippen MR) is 72.5 cm³/mol. The molecule has 0 atom stereocenters. The van der Waals surface area contributed by atoms with Gasteiger partial charge >= 0.3 is 6.03 Å². The van der Waals surface area contributed by atoms with Gasteiger partial charge in [-0.1, -0.05) is 23.2 Å². The Balaban J connectivity index is 2.01. The minimum atomic E-state index is -0.526. The van der Waals surface area contributed by atoms with Crippen LogP contribution in [0.4, 0.5) is 4.79 Å². The SMILES string of the molecule is O=C(NC(=O)N1CCCCC1)c1cc(Cl)nc(Cl)c1. The van der Waals surface area contributed by atoms with E-state index in [1.165, 1.54) is 12.1 Å². The molecule has 1 fully saturated rings. The minimum Gasteiger partial charge on any atom is -0.324 e. The standard InChI is InChI=1S/C12H13Cl2N3O2/c13-9-6-8(7-10(14)15-9)11(18)16-12(19)17-4-2-1-3-5-17/h6-7H,1-5H2,(H,16,18,19). The van der Waals surface area contributed by atoms with Gasteiger partial charge in [0.2, 0.25) is 0 Å². The quantitative estimate of drug-likeness (QED) is 0.811. The van der Waals surface area contributed by atoms with Crippen molar-refractivity contribution in [2.75, 3.05) is 13.1 Å². The average molecular weight is 302 g/mol. The Hall–Kier alpha value is -1.33. The number of aromatic nitrogens is 1. The normalized spacial score (nSPS) is 15.2. The summed E-state index contributed by atoms with van der Waals surface area (Å²) in [6, 6.07) is 2.35. The molecule has 1 aromatic rings. The molecule has 0 aromatic carbocycles. The van der Waals surface area contributed by atoms with Crippen LogP contribution in [0, 0.1) is 0 Å². The molecule has 1 saturated heterocycles. The molecular weight excluding hydrogens is 289 g/mol. The highest BCUT2D eigenvalue weighted by Crippen LogP contribution is 2.15. The van der Waals surface area contributed by atoms with E-state index in [2.05, 4.69) is 10.3 Å². The molecule has 1 aliphatic heterocycles. The maximum Gasteiger partial charge on any atom is 0.324 e. The lowest BCUT2D eigenvalue weighted by molar-refractivity contribution is 0.0948. The molecule has 0 unspecified atom stereocenters. The number of amides is 3. The molecule has 0 bridgehead atoms. The zero-order chi connectivity index (χ0) is 13.8. The summed E-state index contributed by atoms with van der Waals surface area (Å²) in [7, 11) is 0. The third-order valence-electron chi connectivity index (χ3n) is 2.89. The summed E-state index contributed by atoms with van der Waals surface area (Å²) < 4.78 is 0. The second-order valence-electron chi connectivity index (χ2n) is 4.31. The van der Waals surface area contributed by atoms with Gasteiger partial charge in [0, 0.05) is 18.7 Å². The molecule has 0 spiro atoms. The zero-order valence-corrected chi connectivity index (χ0v) is 11.7. The van der Waals surface area contributed by atoms with Crippen LogP contribution in [-0.2, 0) is 0 Å². The second kappa shape index (κ2) is 6.21. The number of hydrogen-bond donors (Lipinski definition) is 1. The van der Waals surface area contributed by atoms with Gasteiger partial charge < -0.3 is 4.90 Å². The summed E-state index contributed by atoms with van der Waals surface area (Å²) in [5.41, 5.74) is 0.218. The number of carbonyl (C=O) groups is 2. The third-order valence-corrected chi connectivity index (χ3v) is 3.28. The predicted octanol–water partition coefficient (Wildman–Crippen LogP) is 2.72. The van der Waals surface area contributed by atoms with E-state index in [0.29, 0.717) is 13.1 Å². The number of piperidine rings is 1. The molecule has 102 valence electrons. The Labute approximate surface area is 120 Å². The van der Waals surface area contributed by atoms with Crippen molar-refractivity contribution in [3.8, 4) is 0 Å². The number of urea groups is 1. The molecule has 5 nitrogen and oxygen atoms in total. The van der Waals surface area contributed by atoms with Crippen LogP contribution in [0.15, 0.2) is 12.1 Å². The van der Waals surface area contributed by atoms with Crippen LogP contribution >= 0.6 is 23.2 Å². The van der Waals surface area contributed by atoms with Crippen LogP contribution in [-0.4, -0.2) is 34.9 Å². The first kappa shape index (κ1) is 14.1. The molecule has 1 aromatic heterocycles. The highest BCUT2D eigenvalue weighted by molar-refractivity contribution is 6.33. The monoisotopic (exact) mass is 301 g/mol. The molecule has 0 saturated carbocycles. The largest absolute Gasteiger partial charge is 0.324 e. The zero-order valence-electron chi connectivity index (χ0n) is 10.2. The summed E-state index contributed by atoms with van der Waals surface area (Å²) in [5.74, 6) is -0.526. The molecule has 2 heterocycles. The highest BCUT2D eigenvalue weighted by Gasteiger charge is 2.19. The second-order valence-corrected chi connectivity index (χ2v) is 5.08. The Kier molecular flexibility index (Phi) is 4.61. The van der Waals surface area contributed by atoms with Crippen molar-refractivity contribution in [1.29, 1.82) is 0 Å². The summed E-state index contributed by atoms with van der Waals surface area (Å²) >= 11 is 11.4. The summed E-state index contributed by atoms with van der Waals surface area (Å²) in [6.07, 6.45) is 3.05. The smallest absolute Gasteiger partial charge is 0.324 e. The molecular formula is C12H13Cl2N3O2. The molecule has 0 radical (unpaired) electrons. The Bertz CT molecular complexity index is 481. The fraction of sp³-hybridized carbons (Fsp3) is 0.417. The van der Waals surface area contributed by atoms with E-state index in [9.17, 15) is 9.59 Å². The van der Waals surface area contributed by atoms with Gasteiger partial charge in [-0.2, -0.15) is 0 Å². The van der Waals surface area contributed by atoms with Gasteiger partial charge in [-0.25, -0.2) is 9.78 Å². The van der Waals surface area contributed by atoms with Gasteiger partial charge in [-0.05, 0) is 31.4 Å². The van der Waals surface area contributed by atoms with E-state index in [1.807, 2.05) is 0 Å². The van der Waals surface area contributed by atoms with Crippen LogP contribution in [0.1, 0.15) is 29.6 Å². The van der Waals surface area contributed by atoms with Gasteiger partial charge in [0.05, 0.1) is 0 Å². The van der Waals surface area contributed by atoms with E-state index < -0.39 is 5.91 Å². The van der Waals surface area contributed by atoms with Gasteiger partial charge in [0.1, 0.15) is 10.3 Å². The van der Waals surface area contributed by atoms with Crippen molar-refractivity contribution in [1.82, 2.24) is 15.2 Å². The van der Waals surface area contributed by atoms with Gasteiger partial charge in [-0.3, -0.25) is 10.1 Å². The van der Waals surface area contributed by atoms with Crippen molar-refractivity contribution < 1.29 is 9.59 Å². The minimum absolute atomic E-state index is 0.114. The lowest BCUT2D eigenvalue weighted by Gasteiger charge is -2.26. The van der Waals surface area contributed by atoms with Crippen molar-refractivity contribution in [3.05, 3.63) is 28.0 Å². The van der Waals surface area contributed by atoms with Crippen molar-refractivity contribution in [2.45, 2.75) is 19.3 Å². The van der Waals surface area contributed by atoms with Crippen molar-refractivity contribution >= 4 is 35.1 Å². The van der Waals surface area contributed by atoms with Crippen LogP contribution in [0.5, 0.6) is 0 Å². The first-order valence-corrected chi connectivity index (χ1v) is 6.75. The van der Waals surface area contributed by atoms with Crippen LogP contribution in [0.2, 0.25) is 10.3 Å². The fourth-order valence-corrected chi connectivity index (χ4v) is 2.40. The van der Waals surface area contributed by atoms with Gasteiger partial charge in [-0.15, -0.1) is 0 Å². The first-order chi connectivity index (χ1) is 9.06. The van der Waals surface area contributed by atoms with E-state index >= 15 is 0 Å². The Morgan fingerprint density at radius 2 is 1.68 bits per heavy atom. The Morgan fingerprint density at radius 3 is 2.26 bits per heavy atom. The number of carbonyl (C=O) groups excluding carboxylic acids is 2. The fourth-order valence-electron chi connectivity index (χ4n) is 1.94. The van der Waals surface area contributed by atoms with Crippen molar-refractivity contribution in [3.63, 3.8) is 0 Å². The van der Waals surface area contributed by atoms with E-state index in [-0.39, 0.29) is 21.9 Å². The number of hydrogen-bond acceptors (Lipinski definition) is 3. The maximum atomic E-state index is 11.9. The van der Waals surface area contributed by atoms with Gasteiger partial charge in [0.15, 0.2) is 0 Å². The summed E-state index contributed by atoms with van der Waals surface area (Å²) in [6.45, 7) is 1.36. The number of nitrogens with one attached hydrogen (secondary N) is 1. The maximum absolute atomic E-state index is 11.9. The summed E-state index contributed by atoms with van der Waals surface area (Å²) in [4.78, 5) is 29.1. The van der Waals surface area contributed by atoms with Gasteiger partial charge in [0.25, 0.3) is 5.91 Å².